The Balaban J connectivity index is 1.99. The average molecular weight is 362 g/mol. The fourth-order valence-corrected chi connectivity index (χ4v) is 2.52. The van der Waals surface area contributed by atoms with E-state index in [1.54, 1.807) is 0 Å². The van der Waals surface area contributed by atoms with E-state index >= 15 is 0 Å². The number of nitrogens with zero attached hydrogens (tertiary/aromatic N) is 3. The van der Waals surface area contributed by atoms with Crippen LogP contribution in [-0.2, 0) is 4.74 Å². The number of nitrogens with one attached hydrogen (secondary N) is 1. The van der Waals surface area contributed by atoms with Crippen LogP contribution in [0.4, 0.5) is 11.8 Å². The number of aryl methyl sites for hydroxylation is 1. The van der Waals surface area contributed by atoms with Gasteiger partial charge >= 0.3 is 5.95 Å². The summed E-state index contributed by atoms with van der Waals surface area (Å²) in [6, 6.07) is 6.10. The minimum Gasteiger partial charge on any atom is -0.394 e. The molecule has 0 saturated carbocycles. The Morgan fingerprint density at radius 3 is 2.65 bits per heavy atom. The van der Waals surface area contributed by atoms with Crippen molar-refractivity contribution < 1.29 is 20.3 Å². The zero-order chi connectivity index (χ0) is 18.9. The molecule has 5 N–H and O–H groups in total. The molecule has 0 radical (unpaired) electrons. The van der Waals surface area contributed by atoms with Crippen LogP contribution < -0.4 is 10.6 Å². The van der Waals surface area contributed by atoms with E-state index in [1.165, 1.54) is 5.56 Å². The van der Waals surface area contributed by atoms with E-state index in [1.807, 2.05) is 24.5 Å². The molecular weight excluding hydrogens is 334 g/mol. The number of anilines is 1. The maximum absolute atomic E-state index is 8.95. The molecular formula is C18H28N5O3+. The van der Waals surface area contributed by atoms with Crippen LogP contribution in [-0.4, -0.2) is 64.9 Å². The highest BCUT2D eigenvalue weighted by Gasteiger charge is 2.15. The van der Waals surface area contributed by atoms with Crippen LogP contribution in [0, 0.1) is 13.8 Å². The molecule has 0 aliphatic rings. The molecule has 142 valence electrons. The van der Waals surface area contributed by atoms with Gasteiger partial charge in [0.25, 0.3) is 0 Å². The SMILES string of the molecule is CNc1nc([NH2+]CCCOC(CO)CO)nnc1-c1cccc(C)c1C. The molecule has 0 spiro atoms. The standard InChI is InChI=1S/C18H27N5O3/c1-12-6-4-7-15(13(12)2)16-17(19-3)21-18(23-22-16)20-8-5-9-26-14(10-24)11-25/h4,6-7,14,24-25H,5,8-11H2,1-3H3,(H2,19,20,21,23)/p+1. The van der Waals surface area contributed by atoms with Crippen molar-refractivity contribution in [3.63, 3.8) is 0 Å². The van der Waals surface area contributed by atoms with E-state index in [0.29, 0.717) is 18.4 Å². The van der Waals surface area contributed by atoms with Gasteiger partial charge in [-0.2, -0.15) is 4.98 Å². The predicted octanol–water partition coefficient (Wildman–Crippen LogP) is 0.152. The highest BCUT2D eigenvalue weighted by atomic mass is 16.5. The Hall–Kier alpha value is -2.13. The van der Waals surface area contributed by atoms with Crippen molar-refractivity contribution in [3.05, 3.63) is 29.3 Å². The molecule has 1 aromatic heterocycles. The lowest BCUT2D eigenvalue weighted by Gasteiger charge is -2.12. The number of hydrogen-bond donors (Lipinski definition) is 4. The zero-order valence-electron chi connectivity index (χ0n) is 15.6. The van der Waals surface area contributed by atoms with Crippen molar-refractivity contribution in [2.45, 2.75) is 26.4 Å². The van der Waals surface area contributed by atoms with E-state index in [-0.39, 0.29) is 13.2 Å². The number of rotatable bonds is 10. The van der Waals surface area contributed by atoms with E-state index in [4.69, 9.17) is 14.9 Å². The maximum Gasteiger partial charge on any atom is 0.346 e. The largest absolute Gasteiger partial charge is 0.394 e. The van der Waals surface area contributed by atoms with Gasteiger partial charge in [-0.05, 0) is 25.0 Å². The summed E-state index contributed by atoms with van der Waals surface area (Å²) < 4.78 is 5.34. The summed E-state index contributed by atoms with van der Waals surface area (Å²) in [5.74, 6) is 1.25. The minimum atomic E-state index is -0.513. The zero-order valence-corrected chi connectivity index (χ0v) is 15.6. The number of aromatic nitrogens is 3. The number of hydrogen-bond acceptors (Lipinski definition) is 7. The van der Waals surface area contributed by atoms with Crippen LogP contribution in [0.2, 0.25) is 0 Å². The number of benzene rings is 1. The minimum absolute atomic E-state index is 0.182. The fourth-order valence-electron chi connectivity index (χ4n) is 2.52. The van der Waals surface area contributed by atoms with Gasteiger partial charge in [-0.3, -0.25) is 5.32 Å². The van der Waals surface area contributed by atoms with Crippen molar-refractivity contribution in [1.29, 1.82) is 0 Å². The second kappa shape index (κ2) is 10.1. The summed E-state index contributed by atoms with van der Waals surface area (Å²) in [5, 5.41) is 31.5. The molecule has 1 heterocycles. The fraction of sp³-hybridized carbons (Fsp3) is 0.500. The Morgan fingerprint density at radius 1 is 1.19 bits per heavy atom. The van der Waals surface area contributed by atoms with Crippen LogP contribution in [0.3, 0.4) is 0 Å². The molecule has 0 aliphatic carbocycles. The lowest BCUT2D eigenvalue weighted by Crippen LogP contribution is -2.79. The third-order valence-electron chi connectivity index (χ3n) is 4.24. The summed E-state index contributed by atoms with van der Waals surface area (Å²) in [6.07, 6.45) is 0.230. The number of aliphatic hydroxyl groups is 2. The molecule has 26 heavy (non-hydrogen) atoms. The highest BCUT2D eigenvalue weighted by molar-refractivity contribution is 5.74. The quantitative estimate of drug-likeness (QED) is 0.445. The van der Waals surface area contributed by atoms with Gasteiger partial charge in [-0.25, -0.2) is 0 Å². The van der Waals surface area contributed by atoms with Gasteiger partial charge in [0.15, 0.2) is 5.82 Å². The number of nitrogens with two attached hydrogens (primary N) is 1. The first kappa shape index (κ1) is 20.2. The average Bonchev–Trinajstić information content (AvgIpc) is 2.67. The van der Waals surface area contributed by atoms with E-state index in [0.717, 1.165) is 29.8 Å². The summed E-state index contributed by atoms with van der Waals surface area (Å²) in [4.78, 5) is 4.54. The molecule has 0 fully saturated rings. The topological polar surface area (TPSA) is 117 Å². The van der Waals surface area contributed by atoms with Crippen molar-refractivity contribution in [1.82, 2.24) is 15.2 Å². The van der Waals surface area contributed by atoms with Crippen LogP contribution in [0.25, 0.3) is 11.3 Å². The molecule has 0 aliphatic heterocycles. The Kier molecular flexibility index (Phi) is 7.86. The van der Waals surface area contributed by atoms with Crippen LogP contribution in [0.1, 0.15) is 17.5 Å². The second-order valence-corrected chi connectivity index (χ2v) is 6.07. The summed E-state index contributed by atoms with van der Waals surface area (Å²) in [7, 11) is 1.82. The van der Waals surface area contributed by atoms with E-state index in [9.17, 15) is 0 Å². The molecule has 8 nitrogen and oxygen atoms in total. The monoisotopic (exact) mass is 362 g/mol. The Labute approximate surface area is 153 Å². The molecule has 2 rings (SSSR count). The Bertz CT molecular complexity index is 707. The van der Waals surface area contributed by atoms with Crippen molar-refractivity contribution in [2.24, 2.45) is 0 Å². The van der Waals surface area contributed by atoms with Gasteiger partial charge < -0.3 is 20.3 Å². The molecule has 0 atom stereocenters. The first-order chi connectivity index (χ1) is 12.6. The lowest BCUT2D eigenvalue weighted by atomic mass is 10.0. The van der Waals surface area contributed by atoms with Crippen LogP contribution in [0.5, 0.6) is 0 Å². The van der Waals surface area contributed by atoms with Gasteiger partial charge in [0.05, 0.1) is 26.4 Å². The second-order valence-electron chi connectivity index (χ2n) is 6.07. The highest BCUT2D eigenvalue weighted by Crippen LogP contribution is 2.28. The molecule has 8 heteroatoms. The van der Waals surface area contributed by atoms with Gasteiger partial charge in [-0.15, -0.1) is 5.10 Å². The maximum atomic E-state index is 8.95. The van der Waals surface area contributed by atoms with E-state index < -0.39 is 6.10 Å². The smallest absolute Gasteiger partial charge is 0.346 e. The van der Waals surface area contributed by atoms with Crippen molar-refractivity contribution in [2.75, 3.05) is 38.7 Å². The summed E-state index contributed by atoms with van der Waals surface area (Å²) >= 11 is 0. The normalized spacial score (nSPS) is 11.2. The van der Waals surface area contributed by atoms with E-state index in [2.05, 4.69) is 40.4 Å². The van der Waals surface area contributed by atoms with Crippen molar-refractivity contribution >= 4 is 11.8 Å². The predicted molar refractivity (Wildman–Crippen MR) is 99.3 cm³/mol. The molecule has 0 unspecified atom stereocenters. The van der Waals surface area contributed by atoms with Crippen LogP contribution >= 0.6 is 0 Å². The number of ether oxygens (including phenoxy) is 1. The van der Waals surface area contributed by atoms with Gasteiger partial charge in [0.2, 0.25) is 0 Å². The third kappa shape index (κ3) is 5.18. The van der Waals surface area contributed by atoms with Gasteiger partial charge in [-0.1, -0.05) is 23.3 Å². The summed E-state index contributed by atoms with van der Waals surface area (Å²) in [6.45, 7) is 4.95. The number of quaternary nitrogens is 1. The Morgan fingerprint density at radius 2 is 1.96 bits per heavy atom. The van der Waals surface area contributed by atoms with Gasteiger partial charge in [0, 0.05) is 19.0 Å². The van der Waals surface area contributed by atoms with Crippen LogP contribution in [0.15, 0.2) is 18.2 Å². The lowest BCUT2D eigenvalue weighted by molar-refractivity contribution is -0.580. The molecule has 1 aromatic carbocycles. The number of aliphatic hydroxyl groups excluding tert-OH is 2. The molecule has 0 amide bonds. The molecule has 0 saturated heterocycles. The summed E-state index contributed by atoms with van der Waals surface area (Å²) in [5.41, 5.74) is 4.12. The first-order valence-corrected chi connectivity index (χ1v) is 8.76. The third-order valence-corrected chi connectivity index (χ3v) is 4.24. The van der Waals surface area contributed by atoms with Crippen molar-refractivity contribution in [3.8, 4) is 11.3 Å². The molecule has 0 bridgehead atoms. The first-order valence-electron chi connectivity index (χ1n) is 8.76. The van der Waals surface area contributed by atoms with Gasteiger partial charge in [0.1, 0.15) is 11.8 Å². The molecule has 2 aromatic rings.